The summed E-state index contributed by atoms with van der Waals surface area (Å²) >= 11 is 0. The maximum absolute atomic E-state index is 13.2. The molecule has 24 rings (SSSR count). The maximum atomic E-state index is 13.2. The number of carbonyl (C=O) groups excluding carboxylic acids is 7. The van der Waals surface area contributed by atoms with Crippen molar-refractivity contribution in [2.24, 2.45) is 70.8 Å². The molecule has 5 saturated carbocycles. The van der Waals surface area contributed by atoms with Crippen LogP contribution in [-0.4, -0.2) is 133 Å². The smallest absolute Gasteiger partial charge is 0.247 e. The summed E-state index contributed by atoms with van der Waals surface area (Å²) in [6.07, 6.45) is 12.7. The monoisotopic (exact) mass is 1780 g/mol. The van der Waals surface area contributed by atoms with Crippen LogP contribution in [0.3, 0.4) is 0 Å². The summed E-state index contributed by atoms with van der Waals surface area (Å²) in [6, 6.07) is 45.8. The molecule has 0 unspecified atom stereocenters. The Balaban J connectivity index is 0.000000104. The molecule has 7 amide bonds. The van der Waals surface area contributed by atoms with E-state index in [9.17, 15) is 33.6 Å². The minimum atomic E-state index is -0.241. The Labute approximate surface area is 778 Å². The first kappa shape index (κ1) is 89.0. The molecular formula is C112H133N11O9. The van der Waals surface area contributed by atoms with Gasteiger partial charge in [-0.2, -0.15) is 0 Å². The number of aromatic nitrogens is 3. The fourth-order valence-electron chi connectivity index (χ4n) is 29.8. The summed E-state index contributed by atoms with van der Waals surface area (Å²) in [7, 11) is 0. The number of aryl methyl sites for hydroxylation is 10. The molecule has 20 atom stereocenters. The average molecular weight is 1780 g/mol. The number of carbonyl (C=O) groups is 7. The Morgan fingerprint density at radius 1 is 0.394 bits per heavy atom. The van der Waals surface area contributed by atoms with Gasteiger partial charge >= 0.3 is 0 Å². The van der Waals surface area contributed by atoms with Gasteiger partial charge < -0.3 is 49.8 Å². The van der Waals surface area contributed by atoms with Crippen molar-refractivity contribution >= 4 is 41.4 Å². The fraction of sp³-hybridized carbons (Fsp3) is 0.518. The molecule has 10 aliphatic heterocycles. The van der Waals surface area contributed by atoms with Gasteiger partial charge in [-0.15, -0.1) is 10.2 Å². The number of hydrogen-bond acceptors (Lipinski definition) is 13. The molecule has 7 aromatic carbocycles. The van der Waals surface area contributed by atoms with Gasteiger partial charge in [0.1, 0.15) is 0 Å². The van der Waals surface area contributed by atoms with Gasteiger partial charge in [0.15, 0.2) is 5.76 Å². The number of nitrogens with two attached hydrogens (primary N) is 1. The van der Waals surface area contributed by atoms with Crippen LogP contribution in [0, 0.1) is 134 Å². The summed E-state index contributed by atoms with van der Waals surface area (Å²) in [5.74, 6) is 7.53. The van der Waals surface area contributed by atoms with Crippen LogP contribution in [0.2, 0.25) is 0 Å². The zero-order valence-corrected chi connectivity index (χ0v) is 80.5. The number of fused-ring (bicyclic) bond motifs is 5. The van der Waals surface area contributed by atoms with Crippen LogP contribution in [-0.2, 0) is 93.4 Å². The topological polar surface area (TPSA) is 251 Å². The predicted octanol–water partition coefficient (Wildman–Crippen LogP) is 17.6. The van der Waals surface area contributed by atoms with Crippen molar-refractivity contribution in [2.45, 2.75) is 266 Å². The normalized spacial score (nSPS) is 32.0. The number of hydrogen-bond donors (Lipinski definition) is 3. The Kier molecular flexibility index (Phi) is 22.3. The van der Waals surface area contributed by atoms with E-state index >= 15 is 0 Å². The fourth-order valence-corrected chi connectivity index (χ4v) is 29.8. The molecule has 132 heavy (non-hydrogen) atoms. The highest BCUT2D eigenvalue weighted by Crippen LogP contribution is 2.68. The van der Waals surface area contributed by atoms with Crippen LogP contribution in [0.5, 0.6) is 0 Å². The van der Waals surface area contributed by atoms with Gasteiger partial charge in [-0.25, -0.2) is 0 Å². The molecule has 20 nitrogen and oxygen atoms in total. The lowest BCUT2D eigenvalue weighted by Gasteiger charge is -2.45. The van der Waals surface area contributed by atoms with Crippen molar-refractivity contribution in [3.63, 3.8) is 0 Å². The van der Waals surface area contributed by atoms with Gasteiger partial charge in [0.2, 0.25) is 53.1 Å². The van der Waals surface area contributed by atoms with Crippen molar-refractivity contribution < 1.29 is 42.5 Å². The third-order valence-electron chi connectivity index (χ3n) is 36.2. The van der Waals surface area contributed by atoms with E-state index in [1.54, 1.807) is 13.8 Å². The van der Waals surface area contributed by atoms with Crippen LogP contribution >= 0.6 is 0 Å². The number of amides is 7. The summed E-state index contributed by atoms with van der Waals surface area (Å²) < 4.78 is 12.0. The summed E-state index contributed by atoms with van der Waals surface area (Å²) in [5, 5.41) is 19.5. The van der Waals surface area contributed by atoms with Crippen LogP contribution in [0.15, 0.2) is 136 Å². The molecule has 12 heterocycles. The van der Waals surface area contributed by atoms with Crippen molar-refractivity contribution in [1.29, 1.82) is 0 Å². The van der Waals surface area contributed by atoms with E-state index < -0.39 is 0 Å². The molecule has 5 aliphatic carbocycles. The highest BCUT2D eigenvalue weighted by atomic mass is 16.5. The first-order chi connectivity index (χ1) is 63.1. The van der Waals surface area contributed by atoms with Gasteiger partial charge in [0.25, 0.3) is 0 Å². The number of nitrogens with zero attached hydrogens (tertiary/aromatic N) is 8. The van der Waals surface area contributed by atoms with Crippen molar-refractivity contribution in [2.75, 3.05) is 39.3 Å². The van der Waals surface area contributed by atoms with Crippen molar-refractivity contribution in [1.82, 2.24) is 50.5 Å². The molecule has 20 heteroatoms. The Morgan fingerprint density at radius 3 is 1.16 bits per heavy atom. The average Bonchev–Trinajstić information content (AvgIpc) is 1.56. The highest BCUT2D eigenvalue weighted by molar-refractivity contribution is 5.86. The van der Waals surface area contributed by atoms with Crippen molar-refractivity contribution in [3.8, 4) is 22.8 Å². The molecule has 690 valence electrons. The molecule has 15 aliphatic rings. The SMILES string of the molecule is CC(=O)NC[C@@H]1[C@@H](C)C[C@@]23c4cc(C)c(C)cc4CCN2C(=O)C[C@@H]13.CC(=O)N[C@@H]1[C@@H](C)C[C@@]23c4cc(C)c(C)cc4CCN2C(=O)C[C@@H]13.Cc1cc2c(cc1C)[C@@]13C[C@H](C)[C@@H](N)[C@@H]1CC(=O)N3CC2.Cc1cc2c(cc1C)[C@@]13C[C@H](C)[C@@H](c4cc(-c5ccccc5)on4)[C@@H]1CC(=O)N3CC2.Cc1cc2c(cc1C)[C@@]13C[C@H](C)[C@@H](c4nnc(-c5ccccc5)o4)[C@@H]1CC(=O)N3CC2. The molecule has 5 spiro atoms. The first-order valence-electron chi connectivity index (χ1n) is 49.3. The van der Waals surface area contributed by atoms with Gasteiger partial charge in [-0.05, 0) is 298 Å². The second-order valence-electron chi connectivity index (χ2n) is 43.3. The first-order valence-corrected chi connectivity index (χ1v) is 49.3. The standard InChI is InChI=1S/C27H28N2O2.C26H27N3O2.C21H28N2O2.C20H26N2O2.C18H24N2O/c1-16-11-20-9-10-29-25(30)13-22-26(18(3)15-27(22,29)21(20)12-17(16)2)23-14-24(31-28-23)19-7-5-4-6-8-19;1-15-11-19-9-10-29-22(30)13-21-23(17(3)14-26(21,29)20(19)12-16(15)2)25-28-27-24(31-25)18-7-5-4-6-8-18;1-12-7-16-5-6-23-20(25)9-19-17(11-22-15(4)24)14(3)10-21(19,23)18(16)8-13(12)2;1-11-7-15-5-6-22-18(24)9-17-19(21-14(4)23)13(3)10-20(17,22)16(15)8-12(11)2;1-10-6-13-4-5-20-16(21)8-15-17(19)12(3)9-18(15,20)14(13)7-11(10)2/h4-8,11-12,14,18,22,26H,9-10,13,15H2,1-3H3;4-8,11-12,17,21,23H,9-10,13-14H2,1-3H3;7-8,14,17,19H,5-6,9-11H2,1-4H3,(H,22,24);7-8,13,17,19H,5-6,9-10H2,1-4H3,(H,21,23);6-7,12,15,17H,4-5,8-9,19H2,1-3H3/t18-,22-,26+,27-;17-,21-,23+,26-;14-,17+,19-,21-;13-,17-,19+,20-;12-,15-,17+,18-/m00000/s1. The molecule has 0 radical (unpaired) electrons. The Bertz CT molecular complexity index is 6010. The lowest BCUT2D eigenvalue weighted by molar-refractivity contribution is -0.133. The van der Waals surface area contributed by atoms with Crippen LogP contribution in [0.1, 0.15) is 247 Å². The summed E-state index contributed by atoms with van der Waals surface area (Å²) in [4.78, 5) is 98.4. The quantitative estimate of drug-likeness (QED) is 0.134. The minimum Gasteiger partial charge on any atom is -0.420 e. The minimum absolute atomic E-state index is 0.00548. The number of nitrogens with one attached hydrogen (secondary N) is 2. The van der Waals surface area contributed by atoms with Crippen LogP contribution in [0.4, 0.5) is 0 Å². The van der Waals surface area contributed by atoms with E-state index in [4.69, 9.17) is 14.7 Å². The van der Waals surface area contributed by atoms with Gasteiger partial charge in [-0.1, -0.05) is 149 Å². The molecular weight excluding hydrogens is 1640 g/mol. The van der Waals surface area contributed by atoms with E-state index in [0.29, 0.717) is 115 Å². The zero-order chi connectivity index (χ0) is 92.7. The zero-order valence-electron chi connectivity index (χ0n) is 80.5. The maximum Gasteiger partial charge on any atom is 0.247 e. The van der Waals surface area contributed by atoms with Crippen molar-refractivity contribution in [3.05, 3.63) is 250 Å². The molecule has 4 N–H and O–H groups in total. The molecule has 9 aromatic rings. The van der Waals surface area contributed by atoms with E-state index in [1.807, 2.05) is 60.7 Å². The summed E-state index contributed by atoms with van der Waals surface area (Å²) in [6.45, 7) is 41.1. The summed E-state index contributed by atoms with van der Waals surface area (Å²) in [5.41, 5.74) is 35.7. The second kappa shape index (κ2) is 33.1. The highest BCUT2D eigenvalue weighted by Gasteiger charge is 2.70. The second-order valence-corrected chi connectivity index (χ2v) is 43.3. The predicted molar refractivity (Wildman–Crippen MR) is 509 cm³/mol. The van der Waals surface area contributed by atoms with E-state index in [2.05, 4.69) is 221 Å². The Morgan fingerprint density at radius 2 is 0.735 bits per heavy atom. The number of rotatable bonds is 7. The van der Waals surface area contributed by atoms with Gasteiger partial charge in [-0.3, -0.25) is 33.6 Å². The van der Waals surface area contributed by atoms with Gasteiger partial charge in [0.05, 0.1) is 33.4 Å². The lowest BCUT2D eigenvalue weighted by atomic mass is 9.73. The largest absolute Gasteiger partial charge is 0.420 e. The van der Waals surface area contributed by atoms with Gasteiger partial charge in [0, 0.05) is 150 Å². The molecule has 5 saturated heterocycles. The molecule has 10 fully saturated rings. The van der Waals surface area contributed by atoms with Crippen LogP contribution < -0.4 is 16.4 Å². The van der Waals surface area contributed by atoms with Crippen LogP contribution in [0.25, 0.3) is 22.8 Å². The molecule has 2 aromatic heterocycles. The van der Waals surface area contributed by atoms with E-state index in [-0.39, 0.29) is 93.0 Å². The van der Waals surface area contributed by atoms with E-state index in [0.717, 1.165) is 120 Å². The third-order valence-corrected chi connectivity index (χ3v) is 36.2. The number of benzene rings is 7. The Hall–Kier alpha value is -10.9. The third kappa shape index (κ3) is 13.7. The lowest BCUT2D eigenvalue weighted by Crippen LogP contribution is -2.50. The molecule has 0 bridgehead atoms. The van der Waals surface area contributed by atoms with E-state index in [1.165, 1.54) is 111 Å².